The number of Topliss-reactive ketones (excluding diaryl/α,β-unsaturated/α-hetero) is 2. The van der Waals surface area contributed by atoms with Crippen LogP contribution in [0.15, 0.2) is 21.4 Å². The fraction of sp³-hybridized carbons (Fsp3) is 0.385. The average molecular weight is 439 g/mol. The van der Waals surface area contributed by atoms with Crippen molar-refractivity contribution < 1.29 is 11.0 Å². The minimum Gasteiger partial charge on any atom is -0.367 e. The molecule has 1 aliphatic rings. The van der Waals surface area contributed by atoms with Crippen molar-refractivity contribution in [2.75, 3.05) is 0 Å². The van der Waals surface area contributed by atoms with E-state index in [9.17, 15) is 9.59 Å². The summed E-state index contributed by atoms with van der Waals surface area (Å²) in [5.74, 6) is 9.61. The number of hydrazone groups is 3. The number of hydrazine groups is 1. The number of nitrogens with two attached hydrogens (primary N) is 5. The molecule has 0 fully saturated rings. The van der Waals surface area contributed by atoms with E-state index in [0.29, 0.717) is 0 Å². The van der Waals surface area contributed by atoms with Crippen molar-refractivity contribution in [1.29, 1.82) is 0 Å². The van der Waals surface area contributed by atoms with Crippen LogP contribution in [0.3, 0.4) is 0 Å². The van der Waals surface area contributed by atoms with Crippen molar-refractivity contribution >= 4 is 41.9 Å². The summed E-state index contributed by atoms with van der Waals surface area (Å²) in [6.07, 6.45) is 0.0833. The fourth-order valence-corrected chi connectivity index (χ4v) is 1.23. The minimum atomic E-state index is -0.0625. The Morgan fingerprint density at radius 3 is 1.69 bits per heavy atom. The number of rotatable bonds is 2. The molecule has 16 heteroatoms. The van der Waals surface area contributed by atoms with Crippen LogP contribution in [0.1, 0.15) is 33.1 Å². The standard InChI is InChI=1S/C5H8N2.C5H8O2.C2H6N6.CH7N5.ClH.H2/c1-4-3-5(2)7-6-4;1-4(6)3-5(2)7;3-1-5-7-2(4)8-6-1;2-1(5-3)6-4;;/h3H,1-2H3,(H,6,7);3H2,1-2H3;(H3,3,5,6)(H3,4,7,8);3-4H2,(H3,2,5,6);2*1H/i;;;;;1+1. The number of carbonyl (C=O) groups excluding carboxylic acids is 2. The first kappa shape index (κ1) is 30.1. The van der Waals surface area contributed by atoms with Crippen LogP contribution in [0.5, 0.6) is 0 Å². The SMILES string of the molecule is CC(=O)CC(C)=O.Cc1cc(C)[nH]n1.Cl.NC1=NNC(N)=NN1.NN=C(N)NN.[2HH]. The molecule has 14 N–H and O–H groups in total. The number of aromatic amines is 1. The number of hydrogen-bond donors (Lipinski definition) is 9. The quantitative estimate of drug-likeness (QED) is 0.0766. The molecule has 2 rings (SSSR count). The number of nitrogens with one attached hydrogen (secondary N) is 4. The Hall–Kier alpha value is -3.59. The van der Waals surface area contributed by atoms with Gasteiger partial charge in [0.1, 0.15) is 11.6 Å². The lowest BCUT2D eigenvalue weighted by Crippen LogP contribution is -2.41. The van der Waals surface area contributed by atoms with E-state index < -0.39 is 0 Å². The molecule has 0 spiro atoms. The summed E-state index contributed by atoms with van der Waals surface area (Å²) in [7, 11) is 0. The van der Waals surface area contributed by atoms with Gasteiger partial charge in [-0.3, -0.25) is 20.1 Å². The molecule has 0 amide bonds. The second-order valence-electron chi connectivity index (χ2n) is 5.15. The van der Waals surface area contributed by atoms with E-state index >= 15 is 0 Å². The minimum absolute atomic E-state index is 0. The van der Waals surface area contributed by atoms with Gasteiger partial charge in [-0.1, -0.05) is 0 Å². The van der Waals surface area contributed by atoms with Crippen molar-refractivity contribution in [1.82, 2.24) is 26.5 Å². The fourth-order valence-electron chi connectivity index (χ4n) is 1.23. The van der Waals surface area contributed by atoms with E-state index in [4.69, 9.17) is 23.0 Å². The maximum absolute atomic E-state index is 10.0. The van der Waals surface area contributed by atoms with E-state index in [2.05, 4.69) is 42.2 Å². The molecule has 0 saturated heterocycles. The maximum Gasteiger partial charge on any atom is 0.232 e. The van der Waals surface area contributed by atoms with Crippen molar-refractivity contribution in [3.05, 3.63) is 17.5 Å². The zero-order valence-corrected chi connectivity index (χ0v) is 17.5. The highest BCUT2D eigenvalue weighted by Gasteiger charge is 1.96. The van der Waals surface area contributed by atoms with Crippen molar-refractivity contribution in [3.63, 3.8) is 0 Å². The molecule has 0 radical (unpaired) electrons. The predicted octanol–water partition coefficient (Wildman–Crippen LogP) is -2.47. The molecular formula is C13H32ClN13O2. The van der Waals surface area contributed by atoms with Crippen LogP contribution in [0.2, 0.25) is 0 Å². The third kappa shape index (κ3) is 22.4. The normalized spacial score (nSPS) is 11.4. The van der Waals surface area contributed by atoms with Crippen LogP contribution in [-0.4, -0.2) is 39.6 Å². The first-order valence-electron chi connectivity index (χ1n) is 7.67. The van der Waals surface area contributed by atoms with Gasteiger partial charge in [-0.05, 0) is 33.8 Å². The topological polar surface area (TPSA) is 266 Å². The van der Waals surface area contributed by atoms with Crippen molar-refractivity contribution in [2.45, 2.75) is 34.1 Å². The number of guanidine groups is 3. The second kappa shape index (κ2) is 17.8. The summed E-state index contributed by atoms with van der Waals surface area (Å²) in [6.45, 7) is 6.76. The molecule has 168 valence electrons. The Bertz CT molecular complexity index is 658. The summed E-state index contributed by atoms with van der Waals surface area (Å²) >= 11 is 0. The average Bonchev–Trinajstić information content (AvgIpc) is 3.00. The van der Waals surface area contributed by atoms with Crippen LogP contribution in [0, 0.1) is 13.8 Å². The largest absolute Gasteiger partial charge is 0.367 e. The Morgan fingerprint density at radius 2 is 1.59 bits per heavy atom. The number of hydrogen-bond acceptors (Lipinski definition) is 12. The zero-order valence-electron chi connectivity index (χ0n) is 16.7. The molecule has 0 aromatic carbocycles. The number of aryl methyl sites for hydroxylation is 2. The van der Waals surface area contributed by atoms with Gasteiger partial charge in [-0.2, -0.15) is 5.10 Å². The summed E-state index contributed by atoms with van der Waals surface area (Å²) < 4.78 is 0. The van der Waals surface area contributed by atoms with Gasteiger partial charge < -0.3 is 23.0 Å². The van der Waals surface area contributed by atoms with Crippen molar-refractivity contribution in [2.24, 2.45) is 44.2 Å². The number of aromatic nitrogens is 2. The predicted molar refractivity (Wildman–Crippen MR) is 116 cm³/mol. The van der Waals surface area contributed by atoms with Crippen LogP contribution in [0.4, 0.5) is 0 Å². The van der Waals surface area contributed by atoms with Gasteiger partial charge in [0.2, 0.25) is 17.9 Å². The number of carbonyl (C=O) groups is 2. The first-order valence-corrected chi connectivity index (χ1v) is 7.67. The van der Waals surface area contributed by atoms with Gasteiger partial charge in [-0.15, -0.1) is 27.7 Å². The molecule has 0 aliphatic carbocycles. The van der Waals surface area contributed by atoms with Gasteiger partial charge >= 0.3 is 0 Å². The molecule has 2 heterocycles. The van der Waals surface area contributed by atoms with Gasteiger partial charge in [0.05, 0.1) is 12.1 Å². The smallest absolute Gasteiger partial charge is 0.232 e. The van der Waals surface area contributed by atoms with Gasteiger partial charge in [0, 0.05) is 7.12 Å². The molecule has 15 nitrogen and oxygen atoms in total. The van der Waals surface area contributed by atoms with Crippen molar-refractivity contribution in [3.8, 4) is 0 Å². The highest BCUT2D eigenvalue weighted by molar-refractivity contribution is 5.96. The van der Waals surface area contributed by atoms with E-state index in [1.54, 1.807) is 0 Å². The van der Waals surface area contributed by atoms with Crippen LogP contribution < -0.4 is 45.2 Å². The van der Waals surface area contributed by atoms with Crippen LogP contribution in [0.25, 0.3) is 0 Å². The second-order valence-corrected chi connectivity index (χ2v) is 5.15. The summed E-state index contributed by atoms with van der Waals surface area (Å²) in [5, 5.41) is 16.7. The zero-order chi connectivity index (χ0) is 22.1. The number of nitrogens with zero attached hydrogens (tertiary/aromatic N) is 4. The third-order valence-electron chi connectivity index (χ3n) is 2.20. The van der Waals surface area contributed by atoms with E-state index in [-0.39, 0.29) is 49.7 Å². The lowest BCUT2D eigenvalue weighted by Gasteiger charge is -2.06. The molecular weight excluding hydrogens is 406 g/mol. The number of ketones is 2. The monoisotopic (exact) mass is 438 g/mol. The molecule has 1 aliphatic heterocycles. The van der Waals surface area contributed by atoms with Gasteiger partial charge in [0.25, 0.3) is 0 Å². The Labute approximate surface area is 175 Å². The number of halogens is 1. The highest BCUT2D eigenvalue weighted by atomic mass is 35.5. The molecule has 1 aromatic rings. The first-order chi connectivity index (χ1) is 13.0. The summed E-state index contributed by atoms with van der Waals surface area (Å²) in [4.78, 5) is 20.1. The molecule has 0 bridgehead atoms. The molecule has 1 aromatic heterocycles. The summed E-state index contributed by atoms with van der Waals surface area (Å²) in [5.41, 5.74) is 24.0. The lowest BCUT2D eigenvalue weighted by atomic mass is 10.2. The van der Waals surface area contributed by atoms with E-state index in [0.717, 1.165) is 11.4 Å². The molecule has 0 unspecified atom stereocenters. The highest BCUT2D eigenvalue weighted by Crippen LogP contribution is 1.92. The molecule has 0 saturated carbocycles. The van der Waals surface area contributed by atoms with Gasteiger partial charge in [0.15, 0.2) is 0 Å². The van der Waals surface area contributed by atoms with E-state index in [1.165, 1.54) is 13.8 Å². The lowest BCUT2D eigenvalue weighted by molar-refractivity contribution is -0.124. The number of H-pyrrole nitrogens is 1. The van der Waals surface area contributed by atoms with E-state index in [1.807, 2.05) is 25.3 Å². The van der Waals surface area contributed by atoms with Crippen LogP contribution >= 0.6 is 12.4 Å². The Balaban J connectivity index is -0.000000148. The molecule has 29 heavy (non-hydrogen) atoms. The summed E-state index contributed by atoms with van der Waals surface area (Å²) in [6, 6.07) is 2.00. The van der Waals surface area contributed by atoms with Gasteiger partial charge in [-0.25, -0.2) is 16.7 Å². The Kier molecular flexibility index (Phi) is 18.5. The third-order valence-corrected chi connectivity index (χ3v) is 2.20. The molecule has 0 atom stereocenters. The Morgan fingerprint density at radius 1 is 1.14 bits per heavy atom. The van der Waals surface area contributed by atoms with Crippen LogP contribution in [-0.2, 0) is 9.59 Å². The maximum atomic E-state index is 10.0.